The van der Waals surface area contributed by atoms with Gasteiger partial charge in [0, 0.05) is 64.0 Å². The number of thioether (sulfide) groups is 1. The van der Waals surface area contributed by atoms with Gasteiger partial charge in [0.1, 0.15) is 7.05 Å². The fourth-order valence-corrected chi connectivity index (χ4v) is 8.15. The number of hydrogen-bond donors (Lipinski definition) is 1. The highest BCUT2D eigenvalue weighted by Crippen LogP contribution is 2.48. The largest absolute Gasteiger partial charge is 0.347 e. The van der Waals surface area contributed by atoms with Crippen molar-refractivity contribution in [1.82, 2.24) is 0 Å². The summed E-state index contributed by atoms with van der Waals surface area (Å²) in [5.74, 6) is -0.0593. The van der Waals surface area contributed by atoms with Crippen molar-refractivity contribution in [1.29, 1.82) is 0 Å². The molecule has 1 aliphatic carbocycles. The molecule has 0 radical (unpaired) electrons. The highest BCUT2D eigenvalue weighted by Gasteiger charge is 2.42. The van der Waals surface area contributed by atoms with Gasteiger partial charge in [0.2, 0.25) is 11.6 Å². The summed E-state index contributed by atoms with van der Waals surface area (Å²) in [5, 5.41) is 2.88. The number of likely N-dealkylation sites (N-methyl/N-ethyl adjacent to an activating group) is 1. The van der Waals surface area contributed by atoms with E-state index in [0.29, 0.717) is 0 Å². The predicted octanol–water partition coefficient (Wildman–Crippen LogP) is 9.29. The minimum Gasteiger partial charge on any atom is -0.347 e. The number of allylic oxidation sites excluding steroid dienone is 7. The van der Waals surface area contributed by atoms with Crippen molar-refractivity contribution < 1.29 is 9.37 Å². The number of amides is 1. The van der Waals surface area contributed by atoms with Crippen LogP contribution >= 0.6 is 11.8 Å². The van der Waals surface area contributed by atoms with Crippen LogP contribution in [0.2, 0.25) is 0 Å². The third-order valence-corrected chi connectivity index (χ3v) is 10.6. The van der Waals surface area contributed by atoms with Crippen molar-refractivity contribution in [2.24, 2.45) is 0 Å². The van der Waals surface area contributed by atoms with Gasteiger partial charge in [-0.05, 0) is 79.8 Å². The van der Waals surface area contributed by atoms with Gasteiger partial charge in [0.05, 0.1) is 5.41 Å². The smallest absolute Gasteiger partial charge is 0.221 e. The summed E-state index contributed by atoms with van der Waals surface area (Å²) >= 11 is 1.82. The summed E-state index contributed by atoms with van der Waals surface area (Å²) in [6.45, 7) is 10.8. The van der Waals surface area contributed by atoms with Gasteiger partial charge in [-0.3, -0.25) is 4.79 Å². The first-order chi connectivity index (χ1) is 21.0. The number of para-hydroxylation sites is 2. The molecule has 3 aromatic carbocycles. The Morgan fingerprint density at radius 1 is 0.864 bits per heavy atom. The summed E-state index contributed by atoms with van der Waals surface area (Å²) < 4.78 is 2.34. The molecule has 0 spiro atoms. The molecular weight excluding hydrogens is 559 g/mol. The molecule has 1 N–H and O–H groups in total. The lowest BCUT2D eigenvalue weighted by molar-refractivity contribution is -0.401. The summed E-state index contributed by atoms with van der Waals surface area (Å²) in [6.07, 6.45) is 11.4. The highest BCUT2D eigenvalue weighted by atomic mass is 32.2. The molecule has 0 saturated heterocycles. The normalized spacial score (nSPS) is 20.3. The van der Waals surface area contributed by atoms with Crippen molar-refractivity contribution in [2.45, 2.75) is 63.2 Å². The van der Waals surface area contributed by atoms with Crippen LogP contribution in [0.25, 0.3) is 0 Å². The Labute approximate surface area is 266 Å². The van der Waals surface area contributed by atoms with E-state index < -0.39 is 0 Å². The molecule has 3 aromatic rings. The monoisotopic (exact) mass is 600 g/mol. The van der Waals surface area contributed by atoms with E-state index in [1.807, 2.05) is 23.9 Å². The van der Waals surface area contributed by atoms with Gasteiger partial charge in [-0.15, -0.1) is 0 Å². The summed E-state index contributed by atoms with van der Waals surface area (Å²) in [5.41, 5.74) is 11.3. The first kappa shape index (κ1) is 30.0. The van der Waals surface area contributed by atoms with E-state index in [9.17, 15) is 4.79 Å². The van der Waals surface area contributed by atoms with Crippen LogP contribution in [-0.2, 0) is 15.6 Å². The van der Waals surface area contributed by atoms with Crippen LogP contribution in [0.4, 0.5) is 17.1 Å². The Morgan fingerprint density at radius 3 is 2.23 bits per heavy atom. The lowest BCUT2D eigenvalue weighted by atomic mass is 9.81. The number of anilines is 2. The molecule has 224 valence electrons. The Morgan fingerprint density at radius 2 is 1.55 bits per heavy atom. The average molecular weight is 601 g/mol. The molecule has 0 saturated carbocycles. The zero-order chi connectivity index (χ0) is 31.2. The molecule has 2 heterocycles. The summed E-state index contributed by atoms with van der Waals surface area (Å²) in [4.78, 5) is 16.4. The number of hydrogen-bond acceptors (Lipinski definition) is 3. The predicted molar refractivity (Wildman–Crippen MR) is 186 cm³/mol. The maximum Gasteiger partial charge on any atom is 0.221 e. The summed E-state index contributed by atoms with van der Waals surface area (Å²) in [7, 11) is 4.36. The Bertz CT molecular complexity index is 1800. The van der Waals surface area contributed by atoms with Crippen LogP contribution in [0.1, 0.15) is 58.6 Å². The third-order valence-electron chi connectivity index (χ3n) is 9.41. The van der Waals surface area contributed by atoms with Gasteiger partial charge >= 0.3 is 0 Å². The molecule has 0 bridgehead atoms. The molecule has 0 aromatic heterocycles. The van der Waals surface area contributed by atoms with Gasteiger partial charge < -0.3 is 10.2 Å². The standard InChI is InChI=1S/C39H41N3OS/c1-26(43)40-29-20-22-30(23-21-29)44-37-27(18-24-35-38(2,3)31-12-8-10-14-33(31)41(35)6)16-17-28(37)19-25-36-39(4,5)32-13-9-11-15-34(32)42(36)7/h8-15,18-25H,16-17H2,1-7H3/p+1. The minimum atomic E-state index is -0.0649. The first-order valence-corrected chi connectivity index (χ1v) is 16.2. The van der Waals surface area contributed by atoms with Crippen molar-refractivity contribution in [2.75, 3.05) is 24.3 Å². The van der Waals surface area contributed by atoms with Crippen LogP contribution in [0.15, 0.2) is 124 Å². The zero-order valence-corrected chi connectivity index (χ0v) is 27.7. The Hall–Kier alpha value is -4.09. The number of nitrogens with one attached hydrogen (secondary N) is 1. The van der Waals surface area contributed by atoms with E-state index in [1.165, 1.54) is 56.9 Å². The minimum absolute atomic E-state index is 0.0593. The number of nitrogens with zero attached hydrogens (tertiary/aromatic N) is 2. The second-order valence-electron chi connectivity index (χ2n) is 13.0. The molecule has 0 fully saturated rings. The quantitative estimate of drug-likeness (QED) is 0.287. The van der Waals surface area contributed by atoms with Crippen molar-refractivity contribution >= 4 is 40.4 Å². The molecule has 0 unspecified atom stereocenters. The summed E-state index contributed by atoms with van der Waals surface area (Å²) in [6, 6.07) is 25.6. The maximum atomic E-state index is 11.6. The molecular formula is C39H42N3OS+. The van der Waals surface area contributed by atoms with Gasteiger partial charge in [-0.2, -0.15) is 4.58 Å². The van der Waals surface area contributed by atoms with Gasteiger partial charge in [-0.25, -0.2) is 0 Å². The second-order valence-corrected chi connectivity index (χ2v) is 14.1. The zero-order valence-electron chi connectivity index (χ0n) is 26.9. The van der Waals surface area contributed by atoms with E-state index >= 15 is 0 Å². The fraction of sp³-hybridized carbons (Fsp3) is 0.282. The highest BCUT2D eigenvalue weighted by molar-refractivity contribution is 8.03. The second kappa shape index (κ2) is 11.4. The van der Waals surface area contributed by atoms with Crippen molar-refractivity contribution in [3.05, 3.63) is 130 Å². The van der Waals surface area contributed by atoms with Gasteiger partial charge in [0.25, 0.3) is 0 Å². The maximum absolute atomic E-state index is 11.6. The van der Waals surface area contributed by atoms with E-state index in [2.05, 4.69) is 142 Å². The third kappa shape index (κ3) is 5.28. The molecule has 1 amide bonds. The van der Waals surface area contributed by atoms with E-state index in [0.717, 1.165) is 23.4 Å². The first-order valence-electron chi connectivity index (χ1n) is 15.4. The lowest BCUT2D eigenvalue weighted by Gasteiger charge is -2.24. The van der Waals surface area contributed by atoms with E-state index in [1.54, 1.807) is 0 Å². The van der Waals surface area contributed by atoms with Crippen LogP contribution in [-0.4, -0.2) is 30.3 Å². The van der Waals surface area contributed by atoms with Crippen molar-refractivity contribution in [3.8, 4) is 0 Å². The molecule has 0 atom stereocenters. The fourth-order valence-electron chi connectivity index (χ4n) is 7.04. The number of carbonyl (C=O) groups is 1. The molecule has 2 aliphatic heterocycles. The topological polar surface area (TPSA) is 35.4 Å². The van der Waals surface area contributed by atoms with Crippen molar-refractivity contribution in [3.63, 3.8) is 0 Å². The SMILES string of the molecule is CC(=O)Nc1ccc(SC2=C(/C=C/C3=[N+](C)c4ccccc4C3(C)C)CC/C2=C\C=C2\N(C)c3ccccc3C2(C)C)cc1. The van der Waals surface area contributed by atoms with Gasteiger partial charge in [-0.1, -0.05) is 74.2 Å². The molecule has 3 aliphatic rings. The van der Waals surface area contributed by atoms with Crippen LogP contribution in [0, 0.1) is 0 Å². The molecule has 4 nitrogen and oxygen atoms in total. The number of benzene rings is 3. The molecule has 44 heavy (non-hydrogen) atoms. The van der Waals surface area contributed by atoms with Crippen LogP contribution in [0.3, 0.4) is 0 Å². The lowest BCUT2D eigenvalue weighted by Crippen LogP contribution is -2.26. The number of carbonyl (C=O) groups excluding carboxylic acids is 1. The Kier molecular flexibility index (Phi) is 7.79. The van der Waals surface area contributed by atoms with E-state index in [4.69, 9.17) is 0 Å². The number of rotatable bonds is 6. The van der Waals surface area contributed by atoms with E-state index in [-0.39, 0.29) is 16.7 Å². The molecule has 6 rings (SSSR count). The average Bonchev–Trinajstić information content (AvgIpc) is 3.53. The van der Waals surface area contributed by atoms with Crippen LogP contribution < -0.4 is 10.2 Å². The molecule has 5 heteroatoms. The van der Waals surface area contributed by atoms with Crippen LogP contribution in [0.5, 0.6) is 0 Å². The number of fused-ring (bicyclic) bond motifs is 2. The Balaban J connectivity index is 1.38. The van der Waals surface area contributed by atoms with Gasteiger partial charge in [0.15, 0.2) is 5.71 Å².